The minimum atomic E-state index is 0.213. The van der Waals surface area contributed by atoms with Gasteiger partial charge in [0.05, 0.1) is 11.1 Å². The second-order valence-corrected chi connectivity index (χ2v) is 7.66. The van der Waals surface area contributed by atoms with E-state index in [-0.39, 0.29) is 6.61 Å². The Bertz CT molecular complexity index is 1310. The van der Waals surface area contributed by atoms with Crippen molar-refractivity contribution in [1.29, 1.82) is 5.26 Å². The molecule has 0 unspecified atom stereocenters. The Hall–Kier alpha value is -4.43. The van der Waals surface area contributed by atoms with Gasteiger partial charge in [-0.15, -0.1) is 0 Å². The highest BCUT2D eigenvalue weighted by Gasteiger charge is 2.09. The number of aldehydes is 1. The molecule has 0 saturated heterocycles. The van der Waals surface area contributed by atoms with Gasteiger partial charge in [0.1, 0.15) is 18.4 Å². The maximum atomic E-state index is 11.5. The van der Waals surface area contributed by atoms with E-state index in [0.717, 1.165) is 17.5 Å². The molecule has 4 rings (SSSR count). The molecule has 0 aliphatic heterocycles. The predicted molar refractivity (Wildman–Crippen MR) is 129 cm³/mol. The minimum Gasteiger partial charge on any atom is -0.488 e. The van der Waals surface area contributed by atoms with Gasteiger partial charge in [0, 0.05) is 36.3 Å². The van der Waals surface area contributed by atoms with Gasteiger partial charge in [-0.05, 0) is 47.4 Å². The lowest BCUT2D eigenvalue weighted by molar-refractivity contribution is 0.111. The number of ether oxygens (including phenoxy) is 1. The van der Waals surface area contributed by atoms with Gasteiger partial charge in [-0.1, -0.05) is 48.5 Å². The van der Waals surface area contributed by atoms with Gasteiger partial charge < -0.3 is 10.1 Å². The largest absolute Gasteiger partial charge is 0.488 e. The lowest BCUT2D eigenvalue weighted by Gasteiger charge is -2.15. The van der Waals surface area contributed by atoms with Crippen LogP contribution in [-0.2, 0) is 13.2 Å². The third-order valence-corrected chi connectivity index (χ3v) is 5.47. The number of nitrogens with zero attached hydrogens (tertiary/aromatic N) is 2. The van der Waals surface area contributed by atoms with E-state index in [4.69, 9.17) is 10.00 Å². The number of carbonyl (C=O) groups is 1. The molecule has 0 aliphatic rings. The van der Waals surface area contributed by atoms with E-state index < -0.39 is 0 Å². The summed E-state index contributed by atoms with van der Waals surface area (Å²) < 4.78 is 5.89. The summed E-state index contributed by atoms with van der Waals surface area (Å²) >= 11 is 0. The molecule has 0 saturated carbocycles. The second kappa shape index (κ2) is 10.3. The molecule has 1 heterocycles. The first-order valence-electron chi connectivity index (χ1n) is 10.6. The van der Waals surface area contributed by atoms with Gasteiger partial charge in [-0.3, -0.25) is 9.78 Å². The zero-order chi connectivity index (χ0) is 23.0. The van der Waals surface area contributed by atoms with Crippen LogP contribution in [0.5, 0.6) is 5.75 Å². The number of hydrogen-bond donors (Lipinski definition) is 1. The molecular weight excluding hydrogens is 410 g/mol. The Morgan fingerprint density at radius 2 is 1.88 bits per heavy atom. The predicted octanol–water partition coefficient (Wildman–Crippen LogP) is 5.93. The highest BCUT2D eigenvalue weighted by molar-refractivity contribution is 5.80. The summed E-state index contributed by atoms with van der Waals surface area (Å²) in [6.07, 6.45) is 3.92. The van der Waals surface area contributed by atoms with Crippen LogP contribution in [0.15, 0.2) is 85.2 Å². The molecule has 0 fully saturated rings. The Morgan fingerprint density at radius 3 is 2.67 bits per heavy atom. The zero-order valence-electron chi connectivity index (χ0n) is 18.3. The van der Waals surface area contributed by atoms with E-state index in [1.807, 2.05) is 30.3 Å². The van der Waals surface area contributed by atoms with Crippen LogP contribution in [0.3, 0.4) is 0 Å². The smallest absolute Gasteiger partial charge is 0.153 e. The van der Waals surface area contributed by atoms with Gasteiger partial charge in [0.2, 0.25) is 0 Å². The molecule has 0 aliphatic carbocycles. The quantitative estimate of drug-likeness (QED) is 0.349. The topological polar surface area (TPSA) is 75.0 Å². The Labute approximate surface area is 193 Å². The maximum Gasteiger partial charge on any atom is 0.153 e. The van der Waals surface area contributed by atoms with E-state index in [1.54, 1.807) is 18.3 Å². The Morgan fingerprint density at radius 1 is 1.03 bits per heavy atom. The molecule has 0 atom stereocenters. The first-order chi connectivity index (χ1) is 16.2. The summed E-state index contributed by atoms with van der Waals surface area (Å²) in [5.74, 6) is 0.479. The fourth-order valence-electron chi connectivity index (χ4n) is 3.66. The molecule has 0 bridgehead atoms. The molecule has 3 aromatic carbocycles. The van der Waals surface area contributed by atoms with Crippen molar-refractivity contribution in [1.82, 2.24) is 4.98 Å². The lowest BCUT2D eigenvalue weighted by atomic mass is 9.96. The second-order valence-electron chi connectivity index (χ2n) is 7.66. The first kappa shape index (κ1) is 21.8. The van der Waals surface area contributed by atoms with Gasteiger partial charge >= 0.3 is 0 Å². The Kier molecular flexibility index (Phi) is 6.77. The zero-order valence-corrected chi connectivity index (χ0v) is 18.3. The number of hydrogen-bond acceptors (Lipinski definition) is 5. The van der Waals surface area contributed by atoms with Crippen molar-refractivity contribution in [3.63, 3.8) is 0 Å². The summed E-state index contributed by atoms with van der Waals surface area (Å²) in [6.45, 7) is 2.98. The first-order valence-corrected chi connectivity index (χ1v) is 10.6. The summed E-state index contributed by atoms with van der Waals surface area (Å²) in [6, 6.07) is 25.9. The van der Waals surface area contributed by atoms with Crippen molar-refractivity contribution in [3.8, 4) is 22.9 Å². The fraction of sp³-hybridized carbons (Fsp3) is 0.107. The number of aromatic nitrogens is 1. The molecule has 0 radical (unpaired) electrons. The number of carbonyl (C=O) groups excluding carboxylic acids is 1. The highest BCUT2D eigenvalue weighted by atomic mass is 16.5. The number of nitriles is 1. The van der Waals surface area contributed by atoms with Crippen LogP contribution in [0.25, 0.3) is 11.1 Å². The molecule has 0 amide bonds. The molecule has 4 aromatic rings. The SMILES string of the molecule is Cc1c(CNc2ccc(C=O)c(OCc3cncc(C#N)c3)c2)cccc1-c1ccccc1. The van der Waals surface area contributed by atoms with Crippen LogP contribution < -0.4 is 10.1 Å². The lowest BCUT2D eigenvalue weighted by Crippen LogP contribution is -2.04. The summed E-state index contributed by atoms with van der Waals surface area (Å²) in [4.78, 5) is 15.5. The molecule has 0 spiro atoms. The fourth-order valence-corrected chi connectivity index (χ4v) is 3.66. The number of pyridine rings is 1. The summed E-state index contributed by atoms with van der Waals surface area (Å²) in [5.41, 5.74) is 7.37. The van der Waals surface area contributed by atoms with Crippen molar-refractivity contribution in [2.75, 3.05) is 5.32 Å². The van der Waals surface area contributed by atoms with Gasteiger partial charge in [-0.2, -0.15) is 5.26 Å². The Balaban J connectivity index is 1.49. The van der Waals surface area contributed by atoms with Crippen LogP contribution in [0.2, 0.25) is 0 Å². The number of rotatable bonds is 8. The third-order valence-electron chi connectivity index (χ3n) is 5.47. The van der Waals surface area contributed by atoms with Crippen LogP contribution >= 0.6 is 0 Å². The monoisotopic (exact) mass is 433 g/mol. The molecule has 1 aromatic heterocycles. The van der Waals surface area contributed by atoms with Crippen molar-refractivity contribution in [3.05, 3.63) is 113 Å². The molecule has 162 valence electrons. The average molecular weight is 434 g/mol. The maximum absolute atomic E-state index is 11.5. The van der Waals surface area contributed by atoms with Crippen molar-refractivity contribution in [2.45, 2.75) is 20.1 Å². The van der Waals surface area contributed by atoms with Crippen LogP contribution in [0, 0.1) is 18.3 Å². The van der Waals surface area contributed by atoms with E-state index in [9.17, 15) is 4.79 Å². The van der Waals surface area contributed by atoms with Crippen LogP contribution in [-0.4, -0.2) is 11.3 Å². The number of nitrogens with one attached hydrogen (secondary N) is 1. The highest BCUT2D eigenvalue weighted by Crippen LogP contribution is 2.27. The van der Waals surface area contributed by atoms with E-state index in [1.165, 1.54) is 28.5 Å². The number of benzene rings is 3. The molecule has 33 heavy (non-hydrogen) atoms. The molecular formula is C28H23N3O2. The standard InChI is InChI=1S/C28H23N3O2/c1-20-24(8-5-9-27(20)23-6-3-2-4-7-23)17-31-26-11-10-25(18-32)28(13-26)33-19-22-12-21(14-29)15-30-16-22/h2-13,15-16,18,31H,17,19H2,1H3. The van der Waals surface area contributed by atoms with E-state index in [2.05, 4.69) is 53.6 Å². The van der Waals surface area contributed by atoms with E-state index in [0.29, 0.717) is 23.4 Å². The van der Waals surface area contributed by atoms with Crippen LogP contribution in [0.4, 0.5) is 5.69 Å². The normalized spacial score (nSPS) is 10.3. The van der Waals surface area contributed by atoms with Crippen LogP contribution in [0.1, 0.15) is 32.6 Å². The number of anilines is 1. The van der Waals surface area contributed by atoms with Crippen molar-refractivity contribution in [2.24, 2.45) is 0 Å². The summed E-state index contributed by atoms with van der Waals surface area (Å²) in [7, 11) is 0. The van der Waals surface area contributed by atoms with Gasteiger partial charge in [0.15, 0.2) is 6.29 Å². The van der Waals surface area contributed by atoms with Crippen molar-refractivity contribution < 1.29 is 9.53 Å². The van der Waals surface area contributed by atoms with Crippen molar-refractivity contribution >= 4 is 12.0 Å². The molecule has 5 heteroatoms. The van der Waals surface area contributed by atoms with Gasteiger partial charge in [-0.25, -0.2) is 0 Å². The molecule has 1 N–H and O–H groups in total. The van der Waals surface area contributed by atoms with E-state index >= 15 is 0 Å². The minimum absolute atomic E-state index is 0.213. The third kappa shape index (κ3) is 5.25. The molecule has 5 nitrogen and oxygen atoms in total. The summed E-state index contributed by atoms with van der Waals surface area (Å²) in [5, 5.41) is 12.5. The van der Waals surface area contributed by atoms with Gasteiger partial charge in [0.25, 0.3) is 0 Å². The average Bonchev–Trinajstić information content (AvgIpc) is 2.87.